The van der Waals surface area contributed by atoms with Gasteiger partial charge in [-0.3, -0.25) is 9.69 Å². The van der Waals surface area contributed by atoms with Gasteiger partial charge in [0, 0.05) is 12.6 Å². The first-order chi connectivity index (χ1) is 9.22. The van der Waals surface area contributed by atoms with E-state index in [1.807, 2.05) is 24.3 Å². The van der Waals surface area contributed by atoms with Crippen LogP contribution in [0.5, 0.6) is 5.75 Å². The van der Waals surface area contributed by atoms with Gasteiger partial charge in [0.05, 0.1) is 5.56 Å². The summed E-state index contributed by atoms with van der Waals surface area (Å²) in [5.74, 6) is 0.769. The third-order valence-electron chi connectivity index (χ3n) is 3.48. The van der Waals surface area contributed by atoms with Crippen molar-refractivity contribution in [3.8, 4) is 5.75 Å². The van der Waals surface area contributed by atoms with Crippen LogP contribution in [0.2, 0.25) is 0 Å². The molecule has 1 aromatic carbocycles. The van der Waals surface area contributed by atoms with Crippen LogP contribution in [0.15, 0.2) is 24.3 Å². The molecular formula is C16H23NO2. The molecule has 0 saturated heterocycles. The van der Waals surface area contributed by atoms with Crippen molar-refractivity contribution in [2.75, 3.05) is 19.7 Å². The number of carbonyl (C=O) groups excluding carboxylic acids is 1. The Balaban J connectivity index is 1.86. The molecule has 1 aliphatic rings. The molecule has 0 N–H and O–H groups in total. The highest BCUT2D eigenvalue weighted by Gasteiger charge is 2.27. The molecule has 3 nitrogen and oxygen atoms in total. The molecule has 0 radical (unpaired) electrons. The topological polar surface area (TPSA) is 29.5 Å². The van der Waals surface area contributed by atoms with Crippen LogP contribution >= 0.6 is 0 Å². The zero-order valence-electron chi connectivity index (χ0n) is 11.9. The van der Waals surface area contributed by atoms with Gasteiger partial charge in [0.15, 0.2) is 5.78 Å². The second-order valence-electron chi connectivity index (χ2n) is 5.17. The van der Waals surface area contributed by atoms with Crippen LogP contribution in [-0.2, 0) is 0 Å². The third kappa shape index (κ3) is 4.06. The van der Waals surface area contributed by atoms with E-state index in [-0.39, 0.29) is 5.78 Å². The summed E-state index contributed by atoms with van der Waals surface area (Å²) in [4.78, 5) is 14.0. The minimum atomic E-state index is 0.0585. The number of rotatable bonds is 8. The Morgan fingerprint density at radius 2 is 2.05 bits per heavy atom. The van der Waals surface area contributed by atoms with Crippen LogP contribution in [0, 0.1) is 0 Å². The molecule has 1 fully saturated rings. The van der Waals surface area contributed by atoms with E-state index in [1.165, 1.54) is 19.3 Å². The van der Waals surface area contributed by atoms with Gasteiger partial charge >= 0.3 is 0 Å². The van der Waals surface area contributed by atoms with Gasteiger partial charge in [0.2, 0.25) is 0 Å². The lowest BCUT2D eigenvalue weighted by atomic mass is 10.1. The third-order valence-corrected chi connectivity index (χ3v) is 3.48. The molecule has 0 aromatic heterocycles. The molecule has 2 rings (SSSR count). The summed E-state index contributed by atoms with van der Waals surface area (Å²) in [6, 6.07) is 8.25. The minimum Gasteiger partial charge on any atom is -0.491 e. The molecule has 1 saturated carbocycles. The quantitative estimate of drug-likeness (QED) is 0.673. The maximum absolute atomic E-state index is 11.5. The fourth-order valence-corrected chi connectivity index (χ4v) is 2.36. The van der Waals surface area contributed by atoms with Gasteiger partial charge in [-0.05, 0) is 44.9 Å². The highest BCUT2D eigenvalue weighted by molar-refractivity contribution is 5.96. The van der Waals surface area contributed by atoms with Crippen molar-refractivity contribution in [3.63, 3.8) is 0 Å². The first-order valence-corrected chi connectivity index (χ1v) is 7.19. The van der Waals surface area contributed by atoms with E-state index in [1.54, 1.807) is 6.92 Å². The summed E-state index contributed by atoms with van der Waals surface area (Å²) in [6.07, 6.45) is 3.83. The van der Waals surface area contributed by atoms with Crippen LogP contribution < -0.4 is 4.74 Å². The largest absolute Gasteiger partial charge is 0.491 e. The van der Waals surface area contributed by atoms with Gasteiger partial charge in [-0.1, -0.05) is 19.1 Å². The number of hydrogen-bond donors (Lipinski definition) is 0. The SMILES string of the molecule is CCCN(CCOc1ccccc1C(C)=O)C1CC1. The monoisotopic (exact) mass is 261 g/mol. The van der Waals surface area contributed by atoms with Crippen molar-refractivity contribution in [3.05, 3.63) is 29.8 Å². The first kappa shape index (κ1) is 14.1. The Labute approximate surface area is 115 Å². The van der Waals surface area contributed by atoms with E-state index in [0.717, 1.165) is 19.1 Å². The van der Waals surface area contributed by atoms with Gasteiger partial charge < -0.3 is 4.74 Å². The van der Waals surface area contributed by atoms with Crippen molar-refractivity contribution in [2.45, 2.75) is 39.2 Å². The summed E-state index contributed by atoms with van der Waals surface area (Å²) >= 11 is 0. The first-order valence-electron chi connectivity index (χ1n) is 7.19. The maximum Gasteiger partial charge on any atom is 0.163 e. The predicted molar refractivity (Wildman–Crippen MR) is 76.8 cm³/mol. The Morgan fingerprint density at radius 3 is 2.68 bits per heavy atom. The fourth-order valence-electron chi connectivity index (χ4n) is 2.36. The van der Waals surface area contributed by atoms with Crippen LogP contribution in [0.4, 0.5) is 0 Å². The van der Waals surface area contributed by atoms with E-state index in [0.29, 0.717) is 17.9 Å². The van der Waals surface area contributed by atoms with Gasteiger partial charge in [0.25, 0.3) is 0 Å². The normalized spacial score (nSPS) is 14.7. The van der Waals surface area contributed by atoms with Gasteiger partial charge in [0.1, 0.15) is 12.4 Å². The number of para-hydroxylation sites is 1. The second-order valence-corrected chi connectivity index (χ2v) is 5.17. The molecular weight excluding hydrogens is 238 g/mol. The molecule has 0 atom stereocenters. The standard InChI is InChI=1S/C16H23NO2/c1-3-10-17(14-8-9-14)11-12-19-16-7-5-4-6-15(16)13(2)18/h4-7,14H,3,8-12H2,1-2H3. The number of ketones is 1. The molecule has 0 aliphatic heterocycles. The molecule has 0 amide bonds. The lowest BCUT2D eigenvalue weighted by molar-refractivity contribution is 0.101. The van der Waals surface area contributed by atoms with Crippen molar-refractivity contribution in [1.29, 1.82) is 0 Å². The molecule has 0 spiro atoms. The van der Waals surface area contributed by atoms with Crippen molar-refractivity contribution < 1.29 is 9.53 Å². The average molecular weight is 261 g/mol. The smallest absolute Gasteiger partial charge is 0.163 e. The number of Topliss-reactive ketones (excluding diaryl/α,β-unsaturated/α-hetero) is 1. The van der Waals surface area contributed by atoms with Crippen LogP contribution in [-0.4, -0.2) is 36.4 Å². The zero-order valence-corrected chi connectivity index (χ0v) is 11.9. The predicted octanol–water partition coefficient (Wildman–Crippen LogP) is 3.14. The van der Waals surface area contributed by atoms with Gasteiger partial charge in [-0.15, -0.1) is 0 Å². The van der Waals surface area contributed by atoms with Crippen molar-refractivity contribution in [1.82, 2.24) is 4.90 Å². The number of ether oxygens (including phenoxy) is 1. The highest BCUT2D eigenvalue weighted by Crippen LogP contribution is 2.26. The Morgan fingerprint density at radius 1 is 1.32 bits per heavy atom. The summed E-state index contributed by atoms with van der Waals surface area (Å²) in [6.45, 7) is 6.53. The van der Waals surface area contributed by atoms with E-state index >= 15 is 0 Å². The lowest BCUT2D eigenvalue weighted by Gasteiger charge is -2.21. The molecule has 19 heavy (non-hydrogen) atoms. The summed E-state index contributed by atoms with van der Waals surface area (Å²) in [5.41, 5.74) is 0.677. The number of carbonyl (C=O) groups is 1. The van der Waals surface area contributed by atoms with Crippen LogP contribution in [0.3, 0.4) is 0 Å². The van der Waals surface area contributed by atoms with Crippen LogP contribution in [0.25, 0.3) is 0 Å². The molecule has 3 heteroatoms. The molecule has 1 aromatic rings. The minimum absolute atomic E-state index is 0.0585. The second kappa shape index (κ2) is 6.71. The summed E-state index contributed by atoms with van der Waals surface area (Å²) in [7, 11) is 0. The van der Waals surface area contributed by atoms with Crippen molar-refractivity contribution >= 4 is 5.78 Å². The molecule has 0 unspecified atom stereocenters. The fraction of sp³-hybridized carbons (Fsp3) is 0.562. The van der Waals surface area contributed by atoms with E-state index in [2.05, 4.69) is 11.8 Å². The van der Waals surface area contributed by atoms with E-state index in [9.17, 15) is 4.79 Å². The van der Waals surface area contributed by atoms with Crippen LogP contribution in [0.1, 0.15) is 43.5 Å². The molecule has 0 heterocycles. The Kier molecular flexibility index (Phi) is 4.97. The number of benzene rings is 1. The summed E-state index contributed by atoms with van der Waals surface area (Å²) in [5, 5.41) is 0. The number of nitrogens with zero attached hydrogens (tertiary/aromatic N) is 1. The van der Waals surface area contributed by atoms with Crippen molar-refractivity contribution in [2.24, 2.45) is 0 Å². The Bertz CT molecular complexity index is 427. The molecule has 104 valence electrons. The highest BCUT2D eigenvalue weighted by atomic mass is 16.5. The maximum atomic E-state index is 11.5. The number of hydrogen-bond acceptors (Lipinski definition) is 3. The van der Waals surface area contributed by atoms with E-state index < -0.39 is 0 Å². The molecule has 1 aliphatic carbocycles. The van der Waals surface area contributed by atoms with E-state index in [4.69, 9.17) is 4.74 Å². The van der Waals surface area contributed by atoms with Gasteiger partial charge in [-0.25, -0.2) is 0 Å². The lowest BCUT2D eigenvalue weighted by Crippen LogP contribution is -2.31. The zero-order chi connectivity index (χ0) is 13.7. The van der Waals surface area contributed by atoms with Gasteiger partial charge in [-0.2, -0.15) is 0 Å². The summed E-state index contributed by atoms with van der Waals surface area (Å²) < 4.78 is 5.79. The molecule has 0 bridgehead atoms. The average Bonchev–Trinajstić information content (AvgIpc) is 3.22. The Hall–Kier alpha value is -1.35.